The third-order valence-corrected chi connectivity index (χ3v) is 3.23. The molecule has 5 heteroatoms. The van der Waals surface area contributed by atoms with Gasteiger partial charge in [0.15, 0.2) is 0 Å². The maximum Gasteiger partial charge on any atom is 0.262 e. The second kappa shape index (κ2) is 3.94. The van der Waals surface area contributed by atoms with Gasteiger partial charge < -0.3 is 11.5 Å². The lowest BCUT2D eigenvalue weighted by Crippen LogP contribution is -2.10. The number of aryl methyl sites for hydroxylation is 1. The zero-order valence-electron chi connectivity index (χ0n) is 8.73. The molecule has 0 unspecified atom stereocenters. The first kappa shape index (κ1) is 10.6. The number of primary amides is 1. The molecule has 0 atom stereocenters. The predicted octanol–water partition coefficient (Wildman–Crippen LogP) is 1.80. The van der Waals surface area contributed by atoms with Gasteiger partial charge in [0.2, 0.25) is 0 Å². The molecule has 0 aliphatic heterocycles. The molecule has 2 aromatic rings. The highest BCUT2D eigenvalue weighted by Crippen LogP contribution is 2.32. The van der Waals surface area contributed by atoms with E-state index in [1.165, 1.54) is 0 Å². The predicted molar refractivity (Wildman–Crippen MR) is 65.2 cm³/mol. The Labute approximate surface area is 97.1 Å². The van der Waals surface area contributed by atoms with Crippen LogP contribution < -0.4 is 11.5 Å². The molecule has 1 amide bonds. The summed E-state index contributed by atoms with van der Waals surface area (Å²) in [5.41, 5.74) is 14.1. The smallest absolute Gasteiger partial charge is 0.262 e. The Morgan fingerprint density at radius 3 is 2.62 bits per heavy atom. The molecular weight excluding hydrogens is 222 g/mol. The second-order valence-electron chi connectivity index (χ2n) is 3.45. The molecule has 0 saturated heterocycles. The molecule has 0 fully saturated rings. The Balaban J connectivity index is 2.58. The van der Waals surface area contributed by atoms with E-state index in [9.17, 15) is 4.79 Å². The summed E-state index contributed by atoms with van der Waals surface area (Å²) in [4.78, 5) is 11.4. The number of aromatic nitrogens is 1. The van der Waals surface area contributed by atoms with Crippen LogP contribution in [0.25, 0.3) is 11.3 Å². The number of benzene rings is 1. The molecule has 1 heterocycles. The standard InChI is InChI=1S/C11H11N3OS/c1-6-4-2-3-5-7(6)9-8(12)10(11(13)15)16-14-9/h2-5H,12H2,1H3,(H2,13,15). The van der Waals surface area contributed by atoms with Gasteiger partial charge in [-0.25, -0.2) is 0 Å². The number of nitrogens with zero attached hydrogens (tertiary/aromatic N) is 1. The zero-order chi connectivity index (χ0) is 11.7. The van der Waals surface area contributed by atoms with Crippen LogP contribution in [0.2, 0.25) is 0 Å². The minimum Gasteiger partial charge on any atom is -0.396 e. The fraction of sp³-hybridized carbons (Fsp3) is 0.0909. The quantitative estimate of drug-likeness (QED) is 0.829. The topological polar surface area (TPSA) is 82.0 Å². The van der Waals surface area contributed by atoms with Crippen molar-refractivity contribution in [2.45, 2.75) is 6.92 Å². The van der Waals surface area contributed by atoms with E-state index in [4.69, 9.17) is 11.5 Å². The van der Waals surface area contributed by atoms with Crippen molar-refractivity contribution in [3.8, 4) is 11.3 Å². The summed E-state index contributed by atoms with van der Waals surface area (Å²) in [6.45, 7) is 1.97. The van der Waals surface area contributed by atoms with Crippen molar-refractivity contribution in [2.24, 2.45) is 5.73 Å². The highest BCUT2D eigenvalue weighted by molar-refractivity contribution is 7.09. The van der Waals surface area contributed by atoms with Gasteiger partial charge in [-0.3, -0.25) is 4.79 Å². The molecule has 1 aromatic heterocycles. The van der Waals surface area contributed by atoms with E-state index >= 15 is 0 Å². The first-order chi connectivity index (χ1) is 7.61. The maximum absolute atomic E-state index is 11.1. The van der Waals surface area contributed by atoms with Crippen molar-refractivity contribution in [2.75, 3.05) is 5.73 Å². The van der Waals surface area contributed by atoms with Crippen molar-refractivity contribution in [1.82, 2.24) is 4.37 Å². The molecule has 0 spiro atoms. The summed E-state index contributed by atoms with van der Waals surface area (Å²) in [5.74, 6) is -0.533. The van der Waals surface area contributed by atoms with Gasteiger partial charge in [-0.05, 0) is 24.0 Å². The van der Waals surface area contributed by atoms with Crippen LogP contribution in [-0.2, 0) is 0 Å². The highest BCUT2D eigenvalue weighted by Gasteiger charge is 2.16. The fourth-order valence-corrected chi connectivity index (χ4v) is 2.17. The second-order valence-corrected chi connectivity index (χ2v) is 4.23. The number of hydrogen-bond donors (Lipinski definition) is 2. The first-order valence-electron chi connectivity index (χ1n) is 4.72. The normalized spacial score (nSPS) is 10.3. The number of anilines is 1. The maximum atomic E-state index is 11.1. The summed E-state index contributed by atoms with van der Waals surface area (Å²) in [5, 5.41) is 0. The number of rotatable bonds is 2. The van der Waals surface area contributed by atoms with Crippen LogP contribution in [0.5, 0.6) is 0 Å². The number of carbonyl (C=O) groups is 1. The number of amides is 1. The van der Waals surface area contributed by atoms with E-state index in [0.717, 1.165) is 22.7 Å². The van der Waals surface area contributed by atoms with E-state index < -0.39 is 5.91 Å². The molecule has 16 heavy (non-hydrogen) atoms. The lowest BCUT2D eigenvalue weighted by Gasteiger charge is -2.02. The molecule has 4 N–H and O–H groups in total. The minimum absolute atomic E-state index is 0.318. The molecule has 0 saturated carbocycles. The van der Waals surface area contributed by atoms with E-state index in [1.54, 1.807) is 0 Å². The van der Waals surface area contributed by atoms with Crippen LogP contribution >= 0.6 is 11.5 Å². The molecule has 0 radical (unpaired) electrons. The third kappa shape index (κ3) is 1.65. The zero-order valence-corrected chi connectivity index (χ0v) is 9.54. The molecule has 0 bridgehead atoms. The highest BCUT2D eigenvalue weighted by atomic mass is 32.1. The van der Waals surface area contributed by atoms with Crippen LogP contribution in [0.15, 0.2) is 24.3 Å². The minimum atomic E-state index is -0.533. The summed E-state index contributed by atoms with van der Waals surface area (Å²) in [7, 11) is 0. The Morgan fingerprint density at radius 1 is 1.38 bits per heavy atom. The monoisotopic (exact) mass is 233 g/mol. The summed E-state index contributed by atoms with van der Waals surface area (Å²) in [6, 6.07) is 7.74. The van der Waals surface area contributed by atoms with Gasteiger partial charge >= 0.3 is 0 Å². The summed E-state index contributed by atoms with van der Waals surface area (Å²) >= 11 is 1.04. The molecule has 0 aliphatic carbocycles. The average molecular weight is 233 g/mol. The molecule has 82 valence electrons. The van der Waals surface area contributed by atoms with Gasteiger partial charge in [-0.1, -0.05) is 24.3 Å². The Hall–Kier alpha value is -1.88. The van der Waals surface area contributed by atoms with E-state index in [2.05, 4.69) is 4.37 Å². The van der Waals surface area contributed by atoms with Gasteiger partial charge in [0.05, 0.1) is 5.69 Å². The van der Waals surface area contributed by atoms with Gasteiger partial charge in [0, 0.05) is 5.56 Å². The summed E-state index contributed by atoms with van der Waals surface area (Å²) in [6.07, 6.45) is 0. The van der Waals surface area contributed by atoms with Crippen LogP contribution in [-0.4, -0.2) is 10.3 Å². The molecule has 0 aliphatic rings. The van der Waals surface area contributed by atoms with Crippen molar-refractivity contribution < 1.29 is 4.79 Å². The van der Waals surface area contributed by atoms with Crippen molar-refractivity contribution in [3.05, 3.63) is 34.7 Å². The van der Waals surface area contributed by atoms with Crippen LogP contribution in [0.3, 0.4) is 0 Å². The van der Waals surface area contributed by atoms with E-state index in [-0.39, 0.29) is 0 Å². The Morgan fingerprint density at radius 2 is 2.06 bits per heavy atom. The largest absolute Gasteiger partial charge is 0.396 e. The first-order valence-corrected chi connectivity index (χ1v) is 5.49. The average Bonchev–Trinajstić information content (AvgIpc) is 2.61. The van der Waals surface area contributed by atoms with Crippen molar-refractivity contribution >= 4 is 23.1 Å². The molecular formula is C11H11N3OS. The van der Waals surface area contributed by atoms with Crippen LogP contribution in [0.1, 0.15) is 15.2 Å². The fourth-order valence-electron chi connectivity index (χ4n) is 1.51. The Kier molecular flexibility index (Phi) is 2.62. The molecule has 1 aromatic carbocycles. The number of nitrogen functional groups attached to an aromatic ring is 1. The lowest BCUT2D eigenvalue weighted by molar-refractivity contribution is 0.100. The number of nitrogens with two attached hydrogens (primary N) is 2. The van der Waals surface area contributed by atoms with E-state index in [0.29, 0.717) is 16.3 Å². The van der Waals surface area contributed by atoms with Crippen molar-refractivity contribution in [3.63, 3.8) is 0 Å². The SMILES string of the molecule is Cc1ccccc1-c1nsc(C(N)=O)c1N. The van der Waals surface area contributed by atoms with E-state index in [1.807, 2.05) is 31.2 Å². The third-order valence-electron chi connectivity index (χ3n) is 2.35. The van der Waals surface area contributed by atoms with Gasteiger partial charge in [0.25, 0.3) is 5.91 Å². The van der Waals surface area contributed by atoms with Gasteiger partial charge in [-0.2, -0.15) is 4.37 Å². The summed E-state index contributed by atoms with van der Waals surface area (Å²) < 4.78 is 4.18. The van der Waals surface area contributed by atoms with Crippen molar-refractivity contribution in [1.29, 1.82) is 0 Å². The number of carbonyl (C=O) groups excluding carboxylic acids is 1. The Bertz CT molecular complexity index is 548. The number of hydrogen-bond acceptors (Lipinski definition) is 4. The van der Waals surface area contributed by atoms with Gasteiger partial charge in [-0.15, -0.1) is 0 Å². The van der Waals surface area contributed by atoms with Crippen LogP contribution in [0.4, 0.5) is 5.69 Å². The molecule has 2 rings (SSSR count). The molecule has 4 nitrogen and oxygen atoms in total. The van der Waals surface area contributed by atoms with Gasteiger partial charge in [0.1, 0.15) is 10.6 Å². The van der Waals surface area contributed by atoms with Crippen LogP contribution in [0, 0.1) is 6.92 Å². The lowest BCUT2D eigenvalue weighted by atomic mass is 10.0.